The van der Waals surface area contributed by atoms with Crippen LogP contribution in [-0.2, 0) is 9.59 Å². The van der Waals surface area contributed by atoms with E-state index in [2.05, 4.69) is 16.0 Å². The van der Waals surface area contributed by atoms with Crippen molar-refractivity contribution in [3.05, 3.63) is 42.5 Å². The maximum absolute atomic E-state index is 12.5. The van der Waals surface area contributed by atoms with Gasteiger partial charge >= 0.3 is 0 Å². The number of amides is 2. The third kappa shape index (κ3) is 6.60. The minimum Gasteiger partial charge on any atom is -0.493 e. The van der Waals surface area contributed by atoms with Crippen molar-refractivity contribution in [1.29, 1.82) is 0 Å². The molecular formula is C21H27N3O5. The van der Waals surface area contributed by atoms with Crippen LogP contribution in [0.4, 0.5) is 11.4 Å². The number of nitrogens with one attached hydrogen (secondary N) is 3. The highest BCUT2D eigenvalue weighted by Gasteiger charge is 2.14. The summed E-state index contributed by atoms with van der Waals surface area (Å²) in [6.07, 6.45) is 0. The molecule has 0 aliphatic carbocycles. The molecule has 0 fully saturated rings. The van der Waals surface area contributed by atoms with Gasteiger partial charge in [0.1, 0.15) is 11.8 Å². The molecule has 156 valence electrons. The van der Waals surface area contributed by atoms with Crippen LogP contribution in [0.5, 0.6) is 17.2 Å². The highest BCUT2D eigenvalue weighted by molar-refractivity contribution is 5.96. The fourth-order valence-electron chi connectivity index (χ4n) is 2.52. The number of carbonyl (C=O) groups excluding carboxylic acids is 2. The summed E-state index contributed by atoms with van der Waals surface area (Å²) in [5.41, 5.74) is 1.36. The third-order valence-electron chi connectivity index (χ3n) is 4.03. The summed E-state index contributed by atoms with van der Waals surface area (Å²) >= 11 is 0. The number of ether oxygens (including phenoxy) is 3. The second kappa shape index (κ2) is 10.8. The van der Waals surface area contributed by atoms with Crippen LogP contribution in [0.3, 0.4) is 0 Å². The Morgan fingerprint density at radius 2 is 1.62 bits per heavy atom. The van der Waals surface area contributed by atoms with Gasteiger partial charge in [-0.1, -0.05) is 0 Å². The Labute approximate surface area is 170 Å². The van der Waals surface area contributed by atoms with Crippen LogP contribution < -0.4 is 30.2 Å². The molecular weight excluding hydrogens is 374 g/mol. The SMILES string of the molecule is CCNC(=O)COc1ccc(NC(C)C(=O)Nc2ccc(OC)c(OC)c2)cc1. The van der Waals surface area contributed by atoms with Crippen LogP contribution in [0.15, 0.2) is 42.5 Å². The van der Waals surface area contributed by atoms with Crippen molar-refractivity contribution < 1.29 is 23.8 Å². The number of hydrogen-bond acceptors (Lipinski definition) is 6. The van der Waals surface area contributed by atoms with Crippen molar-refractivity contribution in [3.63, 3.8) is 0 Å². The smallest absolute Gasteiger partial charge is 0.257 e. The lowest BCUT2D eigenvalue weighted by Crippen LogP contribution is -2.31. The first-order valence-electron chi connectivity index (χ1n) is 9.25. The van der Waals surface area contributed by atoms with E-state index in [9.17, 15) is 9.59 Å². The van der Waals surface area contributed by atoms with Gasteiger partial charge in [-0.25, -0.2) is 0 Å². The number of methoxy groups -OCH3 is 2. The Morgan fingerprint density at radius 1 is 0.966 bits per heavy atom. The van der Waals surface area contributed by atoms with Gasteiger partial charge in [0, 0.05) is 24.0 Å². The van der Waals surface area contributed by atoms with Gasteiger partial charge in [0.25, 0.3) is 5.91 Å². The molecule has 0 aromatic heterocycles. The zero-order valence-electron chi connectivity index (χ0n) is 17.1. The number of anilines is 2. The summed E-state index contributed by atoms with van der Waals surface area (Å²) in [4.78, 5) is 23.9. The summed E-state index contributed by atoms with van der Waals surface area (Å²) in [5.74, 6) is 1.33. The molecule has 0 aliphatic heterocycles. The molecule has 8 heteroatoms. The Kier molecular flexibility index (Phi) is 8.14. The minimum atomic E-state index is -0.481. The Bertz CT molecular complexity index is 824. The van der Waals surface area contributed by atoms with Crippen LogP contribution in [0.1, 0.15) is 13.8 Å². The van der Waals surface area contributed by atoms with Crippen molar-refractivity contribution in [2.45, 2.75) is 19.9 Å². The van der Waals surface area contributed by atoms with Gasteiger partial charge in [-0.05, 0) is 50.2 Å². The zero-order chi connectivity index (χ0) is 21.2. The van der Waals surface area contributed by atoms with E-state index in [1.165, 1.54) is 7.11 Å². The van der Waals surface area contributed by atoms with Gasteiger partial charge in [0.2, 0.25) is 5.91 Å². The van der Waals surface area contributed by atoms with E-state index in [1.807, 2.05) is 6.92 Å². The van der Waals surface area contributed by atoms with E-state index in [4.69, 9.17) is 14.2 Å². The number of carbonyl (C=O) groups is 2. The van der Waals surface area contributed by atoms with Gasteiger partial charge < -0.3 is 30.2 Å². The predicted octanol–water partition coefficient (Wildman–Crippen LogP) is 2.66. The first-order valence-corrected chi connectivity index (χ1v) is 9.25. The fourth-order valence-corrected chi connectivity index (χ4v) is 2.52. The molecule has 0 saturated carbocycles. The molecule has 0 spiro atoms. The molecule has 29 heavy (non-hydrogen) atoms. The lowest BCUT2D eigenvalue weighted by Gasteiger charge is -2.16. The van der Waals surface area contributed by atoms with E-state index < -0.39 is 6.04 Å². The molecule has 0 bridgehead atoms. The first-order chi connectivity index (χ1) is 14.0. The van der Waals surface area contributed by atoms with E-state index >= 15 is 0 Å². The van der Waals surface area contributed by atoms with Crippen LogP contribution in [0.2, 0.25) is 0 Å². The summed E-state index contributed by atoms with van der Waals surface area (Å²) in [6.45, 7) is 4.13. The van der Waals surface area contributed by atoms with Crippen molar-refractivity contribution in [2.24, 2.45) is 0 Å². The summed E-state index contributed by atoms with van der Waals surface area (Å²) in [7, 11) is 3.09. The van der Waals surface area contributed by atoms with Gasteiger partial charge in [-0.15, -0.1) is 0 Å². The van der Waals surface area contributed by atoms with E-state index in [0.29, 0.717) is 29.5 Å². The molecule has 1 atom stereocenters. The number of hydrogen-bond donors (Lipinski definition) is 3. The lowest BCUT2D eigenvalue weighted by atomic mass is 10.2. The molecule has 8 nitrogen and oxygen atoms in total. The maximum Gasteiger partial charge on any atom is 0.257 e. The molecule has 0 saturated heterocycles. The van der Waals surface area contributed by atoms with E-state index in [1.54, 1.807) is 56.5 Å². The van der Waals surface area contributed by atoms with Crippen molar-refractivity contribution in [3.8, 4) is 17.2 Å². The number of rotatable bonds is 10. The van der Waals surface area contributed by atoms with Crippen LogP contribution in [-0.4, -0.2) is 45.2 Å². The number of likely N-dealkylation sites (N-methyl/N-ethyl adjacent to an activating group) is 1. The van der Waals surface area contributed by atoms with E-state index in [-0.39, 0.29) is 18.4 Å². The third-order valence-corrected chi connectivity index (χ3v) is 4.03. The summed E-state index contributed by atoms with van der Waals surface area (Å²) in [6, 6.07) is 11.7. The highest BCUT2D eigenvalue weighted by atomic mass is 16.5. The quantitative estimate of drug-likeness (QED) is 0.566. The first kappa shape index (κ1) is 21.9. The van der Waals surface area contributed by atoms with Gasteiger partial charge in [-0.3, -0.25) is 9.59 Å². The minimum absolute atomic E-state index is 0.0370. The molecule has 2 amide bonds. The highest BCUT2D eigenvalue weighted by Crippen LogP contribution is 2.29. The molecule has 0 aliphatic rings. The van der Waals surface area contributed by atoms with Crippen molar-refractivity contribution in [2.75, 3.05) is 38.0 Å². The molecule has 1 unspecified atom stereocenters. The summed E-state index contributed by atoms with van der Waals surface area (Å²) in [5, 5.41) is 8.62. The maximum atomic E-state index is 12.5. The standard InChI is InChI=1S/C21H27N3O5/c1-5-22-20(25)13-29-17-9-6-15(7-10-17)23-14(2)21(26)24-16-8-11-18(27-3)19(12-16)28-4/h6-12,14,23H,5,13H2,1-4H3,(H,22,25)(H,24,26). The van der Waals surface area contributed by atoms with Crippen molar-refractivity contribution >= 4 is 23.2 Å². The van der Waals surface area contributed by atoms with E-state index in [0.717, 1.165) is 5.69 Å². The summed E-state index contributed by atoms with van der Waals surface area (Å²) < 4.78 is 15.8. The van der Waals surface area contributed by atoms with Gasteiger partial charge in [-0.2, -0.15) is 0 Å². The van der Waals surface area contributed by atoms with Crippen molar-refractivity contribution in [1.82, 2.24) is 5.32 Å². The average molecular weight is 401 g/mol. The Balaban J connectivity index is 1.90. The van der Waals surface area contributed by atoms with Gasteiger partial charge in [0.15, 0.2) is 18.1 Å². The zero-order valence-corrected chi connectivity index (χ0v) is 17.1. The molecule has 0 radical (unpaired) electrons. The lowest BCUT2D eigenvalue weighted by molar-refractivity contribution is -0.123. The topological polar surface area (TPSA) is 97.9 Å². The fraction of sp³-hybridized carbons (Fsp3) is 0.333. The molecule has 3 N–H and O–H groups in total. The predicted molar refractivity (Wildman–Crippen MR) is 112 cm³/mol. The second-order valence-electron chi connectivity index (χ2n) is 6.19. The molecule has 2 rings (SSSR count). The van der Waals surface area contributed by atoms with Crippen LogP contribution in [0, 0.1) is 0 Å². The second-order valence-corrected chi connectivity index (χ2v) is 6.19. The Hall–Kier alpha value is -3.42. The Morgan fingerprint density at radius 3 is 2.24 bits per heavy atom. The van der Waals surface area contributed by atoms with Crippen LogP contribution in [0.25, 0.3) is 0 Å². The molecule has 2 aromatic rings. The van der Waals surface area contributed by atoms with Crippen LogP contribution >= 0.6 is 0 Å². The monoisotopic (exact) mass is 401 g/mol. The number of benzene rings is 2. The average Bonchev–Trinajstić information content (AvgIpc) is 2.73. The molecule has 0 heterocycles. The normalized spacial score (nSPS) is 11.2. The largest absolute Gasteiger partial charge is 0.493 e. The molecule has 2 aromatic carbocycles. The van der Waals surface area contributed by atoms with Gasteiger partial charge in [0.05, 0.1) is 14.2 Å².